The van der Waals surface area contributed by atoms with Gasteiger partial charge in [-0.1, -0.05) is 47.5 Å². The zero-order valence-corrected chi connectivity index (χ0v) is 14.3. The predicted molar refractivity (Wildman–Crippen MR) is 95.9 cm³/mol. The molecule has 2 N–H and O–H groups in total. The normalized spacial score (nSPS) is 10.5. The molecule has 0 atom stereocenters. The zero-order valence-electron chi connectivity index (χ0n) is 12.8. The highest BCUT2D eigenvalue weighted by Gasteiger charge is 2.01. The molecule has 23 heavy (non-hydrogen) atoms. The summed E-state index contributed by atoms with van der Waals surface area (Å²) >= 11 is 11.8. The fourth-order valence-corrected chi connectivity index (χ4v) is 2.50. The van der Waals surface area contributed by atoms with E-state index in [1.807, 2.05) is 48.5 Å². The van der Waals surface area contributed by atoms with Crippen LogP contribution in [0.1, 0.15) is 17.5 Å². The third-order valence-corrected chi connectivity index (χ3v) is 3.88. The van der Waals surface area contributed by atoms with Crippen molar-refractivity contribution in [1.29, 1.82) is 0 Å². The van der Waals surface area contributed by atoms with Gasteiger partial charge in [0, 0.05) is 36.1 Å². The van der Waals surface area contributed by atoms with Gasteiger partial charge in [0.1, 0.15) is 0 Å². The highest BCUT2D eigenvalue weighted by atomic mass is 35.5. The lowest BCUT2D eigenvalue weighted by Gasteiger charge is -2.07. The lowest BCUT2D eigenvalue weighted by molar-refractivity contribution is -0.120. The highest BCUT2D eigenvalue weighted by molar-refractivity contribution is 6.30. The van der Waals surface area contributed by atoms with Crippen molar-refractivity contribution in [3.05, 3.63) is 69.7 Å². The Hall–Kier alpha value is -1.55. The van der Waals surface area contributed by atoms with Crippen molar-refractivity contribution in [3.8, 4) is 0 Å². The summed E-state index contributed by atoms with van der Waals surface area (Å²) in [4.78, 5) is 11.8. The molecule has 5 heteroatoms. The summed E-state index contributed by atoms with van der Waals surface area (Å²) in [5, 5.41) is 7.62. The molecule has 2 aromatic carbocycles. The van der Waals surface area contributed by atoms with Crippen LogP contribution < -0.4 is 10.6 Å². The van der Waals surface area contributed by atoms with Gasteiger partial charge in [-0.3, -0.25) is 4.79 Å². The van der Waals surface area contributed by atoms with Crippen LogP contribution in [0.3, 0.4) is 0 Å². The van der Waals surface area contributed by atoms with Crippen LogP contribution in [0.2, 0.25) is 10.0 Å². The molecule has 0 aromatic heterocycles. The number of rotatable bonds is 8. The maximum absolute atomic E-state index is 11.8. The number of hydrogen-bond acceptors (Lipinski definition) is 2. The molecule has 0 aliphatic rings. The third-order valence-electron chi connectivity index (χ3n) is 3.40. The molecule has 3 nitrogen and oxygen atoms in total. The Balaban J connectivity index is 1.57. The van der Waals surface area contributed by atoms with E-state index in [0.717, 1.165) is 34.1 Å². The Kier molecular flexibility index (Phi) is 7.40. The smallest absolute Gasteiger partial charge is 0.221 e. The Bertz CT molecular complexity index is 629. The number of carbonyl (C=O) groups excluding carboxylic acids is 1. The van der Waals surface area contributed by atoms with E-state index in [0.29, 0.717) is 19.5 Å². The van der Waals surface area contributed by atoms with Crippen molar-refractivity contribution in [2.24, 2.45) is 0 Å². The topological polar surface area (TPSA) is 41.1 Å². The lowest BCUT2D eigenvalue weighted by Crippen LogP contribution is -2.29. The molecule has 0 heterocycles. The highest BCUT2D eigenvalue weighted by Crippen LogP contribution is 2.11. The number of hydrogen-bond donors (Lipinski definition) is 2. The van der Waals surface area contributed by atoms with Gasteiger partial charge in [0.05, 0.1) is 0 Å². The summed E-state index contributed by atoms with van der Waals surface area (Å²) in [7, 11) is 0. The number of nitrogens with one attached hydrogen (secondary N) is 2. The molecule has 0 saturated heterocycles. The number of amides is 1. The fourth-order valence-electron chi connectivity index (χ4n) is 2.16. The summed E-state index contributed by atoms with van der Waals surface area (Å²) in [5.41, 5.74) is 2.27. The second kappa shape index (κ2) is 9.56. The van der Waals surface area contributed by atoms with Crippen LogP contribution in [0.25, 0.3) is 0 Å². The van der Waals surface area contributed by atoms with Crippen molar-refractivity contribution in [2.75, 3.05) is 13.1 Å². The fraction of sp³-hybridized carbons (Fsp3) is 0.278. The summed E-state index contributed by atoms with van der Waals surface area (Å²) in [6, 6.07) is 15.4. The van der Waals surface area contributed by atoms with Gasteiger partial charge in [-0.15, -0.1) is 0 Å². The molecule has 0 aliphatic carbocycles. The molecule has 0 spiro atoms. The summed E-state index contributed by atoms with van der Waals surface area (Å²) in [6.45, 7) is 1.99. The average Bonchev–Trinajstić information content (AvgIpc) is 2.53. The molecule has 122 valence electrons. The van der Waals surface area contributed by atoms with E-state index in [-0.39, 0.29) is 5.91 Å². The molecule has 2 rings (SSSR count). The summed E-state index contributed by atoms with van der Waals surface area (Å²) in [6.07, 6.45) is 1.24. The first-order valence-corrected chi connectivity index (χ1v) is 8.35. The second-order valence-electron chi connectivity index (χ2n) is 5.28. The van der Waals surface area contributed by atoms with E-state index in [9.17, 15) is 4.79 Å². The predicted octanol–water partition coefficient (Wildman–Crippen LogP) is 3.83. The minimum absolute atomic E-state index is 0.0515. The Morgan fingerprint density at radius 1 is 0.913 bits per heavy atom. The monoisotopic (exact) mass is 350 g/mol. The van der Waals surface area contributed by atoms with Gasteiger partial charge in [-0.2, -0.15) is 0 Å². The van der Waals surface area contributed by atoms with Crippen LogP contribution in [0, 0.1) is 0 Å². The van der Waals surface area contributed by atoms with Gasteiger partial charge in [0.25, 0.3) is 0 Å². The number of halogens is 2. The van der Waals surface area contributed by atoms with Gasteiger partial charge >= 0.3 is 0 Å². The van der Waals surface area contributed by atoms with Gasteiger partial charge in [-0.25, -0.2) is 0 Å². The van der Waals surface area contributed by atoms with Crippen LogP contribution in [-0.2, 0) is 17.8 Å². The second-order valence-corrected chi connectivity index (χ2v) is 6.16. The van der Waals surface area contributed by atoms with Crippen molar-refractivity contribution in [3.63, 3.8) is 0 Å². The summed E-state index contributed by atoms with van der Waals surface area (Å²) < 4.78 is 0. The molecule has 0 radical (unpaired) electrons. The minimum atomic E-state index is 0.0515. The number of carbonyl (C=O) groups is 1. The Morgan fingerprint density at radius 3 is 2.43 bits per heavy atom. The third kappa shape index (κ3) is 7.04. The first-order valence-electron chi connectivity index (χ1n) is 7.60. The van der Waals surface area contributed by atoms with Crippen LogP contribution in [-0.4, -0.2) is 19.0 Å². The molecule has 0 fully saturated rings. The first kappa shape index (κ1) is 17.8. The van der Waals surface area contributed by atoms with Gasteiger partial charge in [0.15, 0.2) is 0 Å². The lowest BCUT2D eigenvalue weighted by atomic mass is 10.1. The molecule has 0 bridgehead atoms. The largest absolute Gasteiger partial charge is 0.356 e. The van der Waals surface area contributed by atoms with E-state index in [2.05, 4.69) is 10.6 Å². The molecular weight excluding hydrogens is 331 g/mol. The standard InChI is InChI=1S/C18H20Cl2N2O/c19-16-6-4-15(5-7-16)13-21-10-9-18(23)22-11-8-14-2-1-3-17(20)12-14/h1-7,12,21H,8-11,13H2,(H,22,23). The van der Waals surface area contributed by atoms with Crippen LogP contribution in [0.4, 0.5) is 0 Å². The molecule has 1 amide bonds. The SMILES string of the molecule is O=C(CCNCc1ccc(Cl)cc1)NCCc1cccc(Cl)c1. The quantitative estimate of drug-likeness (QED) is 0.710. The maximum Gasteiger partial charge on any atom is 0.221 e. The zero-order chi connectivity index (χ0) is 16.5. The van der Waals surface area contributed by atoms with Gasteiger partial charge in [0.2, 0.25) is 5.91 Å². The van der Waals surface area contributed by atoms with Crippen molar-refractivity contribution >= 4 is 29.1 Å². The Labute approximate surface area is 147 Å². The van der Waals surface area contributed by atoms with E-state index in [4.69, 9.17) is 23.2 Å². The van der Waals surface area contributed by atoms with E-state index in [1.165, 1.54) is 0 Å². The average molecular weight is 351 g/mol. The van der Waals surface area contributed by atoms with Crippen LogP contribution >= 0.6 is 23.2 Å². The molecule has 0 unspecified atom stereocenters. The molecular formula is C18H20Cl2N2O. The number of benzene rings is 2. The van der Waals surface area contributed by atoms with Gasteiger partial charge in [-0.05, 0) is 41.8 Å². The minimum Gasteiger partial charge on any atom is -0.356 e. The van der Waals surface area contributed by atoms with E-state index >= 15 is 0 Å². The van der Waals surface area contributed by atoms with Crippen molar-refractivity contribution in [2.45, 2.75) is 19.4 Å². The van der Waals surface area contributed by atoms with E-state index < -0.39 is 0 Å². The molecule has 2 aromatic rings. The van der Waals surface area contributed by atoms with Gasteiger partial charge < -0.3 is 10.6 Å². The maximum atomic E-state index is 11.8. The van der Waals surface area contributed by atoms with Crippen molar-refractivity contribution in [1.82, 2.24) is 10.6 Å². The van der Waals surface area contributed by atoms with Crippen molar-refractivity contribution < 1.29 is 4.79 Å². The van der Waals surface area contributed by atoms with E-state index in [1.54, 1.807) is 0 Å². The Morgan fingerprint density at radius 2 is 1.70 bits per heavy atom. The molecule has 0 aliphatic heterocycles. The van der Waals surface area contributed by atoms with Crippen LogP contribution in [0.15, 0.2) is 48.5 Å². The summed E-state index contributed by atoms with van der Waals surface area (Å²) in [5.74, 6) is 0.0515. The first-order chi connectivity index (χ1) is 11.1. The van der Waals surface area contributed by atoms with Crippen LogP contribution in [0.5, 0.6) is 0 Å². The molecule has 0 saturated carbocycles.